The lowest BCUT2D eigenvalue weighted by Gasteiger charge is -2.16. The average Bonchev–Trinajstić information content (AvgIpc) is 3.01. The maximum atomic E-state index is 13.4. The molecule has 1 aromatic heterocycles. The molecule has 222 valence electrons. The maximum Gasteiger partial charge on any atom is 0.306 e. The fourth-order valence-electron chi connectivity index (χ4n) is 5.04. The molecule has 0 spiro atoms. The van der Waals surface area contributed by atoms with Gasteiger partial charge in [-0.15, -0.1) is 0 Å². The number of carbonyl (C=O) groups excluding carboxylic acids is 1. The monoisotopic (exact) mass is 584 g/mol. The third kappa shape index (κ3) is 6.64. The van der Waals surface area contributed by atoms with Gasteiger partial charge in [0.25, 0.3) is 0 Å². The standard InChI is InChI=1S/C35H33FO7/c1-3-22-20-28(23-10-12-24(36)13-11-23)29(37)21-32(22)42-19-7-18-41-30-16-14-27-34(39)25-8-5-6-9-31(25)43-35(27)26(30)15-17-33(38)40-4-2/h5-6,8-14,16,20-21,37H,3-4,7,15,17-19H2,1-2H3. The van der Waals surface area contributed by atoms with Gasteiger partial charge in [0.1, 0.15) is 34.2 Å². The molecule has 0 atom stereocenters. The molecule has 7 nitrogen and oxygen atoms in total. The molecule has 43 heavy (non-hydrogen) atoms. The molecule has 0 unspecified atom stereocenters. The fourth-order valence-corrected chi connectivity index (χ4v) is 5.04. The summed E-state index contributed by atoms with van der Waals surface area (Å²) in [6.07, 6.45) is 1.60. The summed E-state index contributed by atoms with van der Waals surface area (Å²) in [5.74, 6) is 0.453. The van der Waals surface area contributed by atoms with Crippen molar-refractivity contribution in [2.24, 2.45) is 0 Å². The molecule has 1 N–H and O–H groups in total. The van der Waals surface area contributed by atoms with Crippen LogP contribution in [0.5, 0.6) is 17.2 Å². The van der Waals surface area contributed by atoms with Gasteiger partial charge in [0, 0.05) is 30.0 Å². The van der Waals surface area contributed by atoms with Gasteiger partial charge in [0.2, 0.25) is 5.43 Å². The number of hydrogen-bond acceptors (Lipinski definition) is 7. The van der Waals surface area contributed by atoms with E-state index in [1.807, 2.05) is 13.0 Å². The third-order valence-corrected chi connectivity index (χ3v) is 7.21. The maximum absolute atomic E-state index is 13.4. The number of hydrogen-bond donors (Lipinski definition) is 1. The van der Waals surface area contributed by atoms with Crippen molar-refractivity contribution in [1.29, 1.82) is 0 Å². The van der Waals surface area contributed by atoms with E-state index in [0.717, 1.165) is 5.56 Å². The van der Waals surface area contributed by atoms with Gasteiger partial charge in [-0.2, -0.15) is 0 Å². The summed E-state index contributed by atoms with van der Waals surface area (Å²) in [6.45, 7) is 4.66. The molecule has 0 aliphatic heterocycles. The van der Waals surface area contributed by atoms with Gasteiger partial charge in [-0.25, -0.2) is 4.39 Å². The molecule has 0 amide bonds. The highest BCUT2D eigenvalue weighted by atomic mass is 19.1. The molecular weight excluding hydrogens is 551 g/mol. The lowest BCUT2D eigenvalue weighted by molar-refractivity contribution is -0.143. The zero-order valence-corrected chi connectivity index (χ0v) is 24.2. The predicted molar refractivity (Wildman–Crippen MR) is 163 cm³/mol. The fraction of sp³-hybridized carbons (Fsp3) is 0.257. The minimum absolute atomic E-state index is 0.0477. The number of rotatable bonds is 12. The highest BCUT2D eigenvalue weighted by molar-refractivity contribution is 5.92. The number of esters is 1. The summed E-state index contributed by atoms with van der Waals surface area (Å²) in [5.41, 5.74) is 3.58. The number of aromatic hydroxyl groups is 1. The van der Waals surface area contributed by atoms with E-state index in [9.17, 15) is 19.1 Å². The van der Waals surface area contributed by atoms with Gasteiger partial charge in [-0.1, -0.05) is 31.2 Å². The van der Waals surface area contributed by atoms with E-state index < -0.39 is 0 Å². The Morgan fingerprint density at radius 3 is 2.40 bits per heavy atom. The van der Waals surface area contributed by atoms with Crippen LogP contribution in [0.4, 0.5) is 4.39 Å². The quantitative estimate of drug-likeness (QED) is 0.0930. The topological polar surface area (TPSA) is 95.2 Å². The summed E-state index contributed by atoms with van der Waals surface area (Å²) < 4.78 is 36.8. The van der Waals surface area contributed by atoms with E-state index in [-0.39, 0.29) is 42.4 Å². The van der Waals surface area contributed by atoms with Crippen LogP contribution in [0.3, 0.4) is 0 Å². The lowest BCUT2D eigenvalue weighted by atomic mass is 10.00. The van der Waals surface area contributed by atoms with Crippen LogP contribution in [-0.4, -0.2) is 30.9 Å². The van der Waals surface area contributed by atoms with E-state index in [4.69, 9.17) is 18.6 Å². The first-order valence-electron chi connectivity index (χ1n) is 14.4. The number of halogens is 1. The first kappa shape index (κ1) is 29.6. The number of phenolic OH excluding ortho intramolecular Hbond substituents is 1. The third-order valence-electron chi connectivity index (χ3n) is 7.21. The molecule has 0 aliphatic carbocycles. The Morgan fingerprint density at radius 1 is 0.907 bits per heavy atom. The molecule has 0 saturated carbocycles. The summed E-state index contributed by atoms with van der Waals surface area (Å²) in [7, 11) is 0. The minimum atomic E-state index is -0.345. The number of benzene rings is 4. The Balaban J connectivity index is 1.31. The molecule has 1 heterocycles. The predicted octanol–water partition coefficient (Wildman–Crippen LogP) is 7.36. The number of phenols is 1. The summed E-state index contributed by atoms with van der Waals surface area (Å²) >= 11 is 0. The van der Waals surface area contributed by atoms with E-state index in [2.05, 4.69) is 0 Å². The van der Waals surface area contributed by atoms with Crippen molar-refractivity contribution in [3.8, 4) is 28.4 Å². The Kier molecular flexibility index (Phi) is 9.25. The second-order valence-electron chi connectivity index (χ2n) is 10.0. The van der Waals surface area contributed by atoms with Crippen molar-refractivity contribution < 1.29 is 32.9 Å². The van der Waals surface area contributed by atoms with Gasteiger partial charge in [0.15, 0.2) is 0 Å². The van der Waals surface area contributed by atoms with Crippen molar-refractivity contribution in [2.45, 2.75) is 39.5 Å². The van der Waals surface area contributed by atoms with Crippen molar-refractivity contribution in [3.63, 3.8) is 0 Å². The molecule has 0 saturated heterocycles. The lowest BCUT2D eigenvalue weighted by Crippen LogP contribution is -2.10. The molecule has 5 rings (SSSR count). The minimum Gasteiger partial charge on any atom is -0.507 e. The van der Waals surface area contributed by atoms with Crippen LogP contribution in [0.25, 0.3) is 33.1 Å². The van der Waals surface area contributed by atoms with Crippen molar-refractivity contribution in [3.05, 3.63) is 100.0 Å². The summed E-state index contributed by atoms with van der Waals surface area (Å²) in [5, 5.41) is 11.6. The van der Waals surface area contributed by atoms with E-state index >= 15 is 0 Å². The first-order chi connectivity index (χ1) is 20.9. The molecule has 0 bridgehead atoms. The van der Waals surface area contributed by atoms with Crippen molar-refractivity contribution in [2.75, 3.05) is 19.8 Å². The number of aryl methyl sites for hydroxylation is 2. The van der Waals surface area contributed by atoms with Crippen LogP contribution >= 0.6 is 0 Å². The van der Waals surface area contributed by atoms with Crippen LogP contribution < -0.4 is 14.9 Å². The molecule has 0 radical (unpaired) electrons. The average molecular weight is 585 g/mol. The highest BCUT2D eigenvalue weighted by Gasteiger charge is 2.18. The number of carbonyl (C=O) groups is 1. The number of ether oxygens (including phenoxy) is 3. The van der Waals surface area contributed by atoms with Gasteiger partial charge in [-0.3, -0.25) is 9.59 Å². The Labute approximate surface area is 248 Å². The number of para-hydroxylation sites is 1. The smallest absolute Gasteiger partial charge is 0.306 e. The molecular formula is C35H33FO7. The van der Waals surface area contributed by atoms with Crippen LogP contribution in [0, 0.1) is 5.82 Å². The van der Waals surface area contributed by atoms with Crippen LogP contribution in [0.2, 0.25) is 0 Å². The zero-order chi connectivity index (χ0) is 30.3. The van der Waals surface area contributed by atoms with Gasteiger partial charge >= 0.3 is 5.97 Å². The van der Waals surface area contributed by atoms with Gasteiger partial charge in [-0.05, 0) is 73.4 Å². The highest BCUT2D eigenvalue weighted by Crippen LogP contribution is 2.36. The van der Waals surface area contributed by atoms with E-state index in [1.165, 1.54) is 12.1 Å². The van der Waals surface area contributed by atoms with Gasteiger partial charge in [0.05, 0.1) is 30.6 Å². The molecule has 8 heteroatoms. The largest absolute Gasteiger partial charge is 0.507 e. The first-order valence-corrected chi connectivity index (χ1v) is 14.4. The van der Waals surface area contributed by atoms with E-state index in [0.29, 0.717) is 76.2 Å². The normalized spacial score (nSPS) is 11.1. The summed E-state index contributed by atoms with van der Waals surface area (Å²) in [4.78, 5) is 25.3. The zero-order valence-electron chi connectivity index (χ0n) is 24.2. The second kappa shape index (κ2) is 13.4. The molecule has 0 aliphatic rings. The van der Waals surface area contributed by atoms with Crippen molar-refractivity contribution in [1.82, 2.24) is 0 Å². The van der Waals surface area contributed by atoms with Gasteiger partial charge < -0.3 is 23.7 Å². The molecule has 5 aromatic rings. The molecule has 0 fully saturated rings. The van der Waals surface area contributed by atoms with Crippen LogP contribution in [-0.2, 0) is 22.4 Å². The SMILES string of the molecule is CCOC(=O)CCc1c(OCCCOc2cc(O)c(-c3ccc(F)cc3)cc2CC)ccc2c(=O)c3ccccc3oc12. The summed E-state index contributed by atoms with van der Waals surface area (Å²) in [6, 6.07) is 19.9. The van der Waals surface area contributed by atoms with Crippen molar-refractivity contribution >= 4 is 27.9 Å². The Morgan fingerprint density at radius 2 is 1.65 bits per heavy atom. The van der Waals surface area contributed by atoms with Crippen LogP contribution in [0.1, 0.15) is 37.8 Å². The Hall–Kier alpha value is -4.85. The van der Waals surface area contributed by atoms with E-state index in [1.54, 1.807) is 61.5 Å². The Bertz CT molecular complexity index is 1810. The number of fused-ring (bicyclic) bond motifs is 2. The van der Waals surface area contributed by atoms with Crippen LogP contribution in [0.15, 0.2) is 82.0 Å². The molecule has 4 aromatic carbocycles. The second-order valence-corrected chi connectivity index (χ2v) is 10.0.